The Balaban J connectivity index is 1.20. The highest BCUT2D eigenvalue weighted by Gasteiger charge is 2.35. The number of hydrogen-bond acceptors (Lipinski definition) is 2. The van der Waals surface area contributed by atoms with Gasteiger partial charge < -0.3 is 0 Å². The van der Waals surface area contributed by atoms with Gasteiger partial charge in [-0.2, -0.15) is 0 Å². The van der Waals surface area contributed by atoms with Gasteiger partial charge in [-0.15, -0.1) is 11.3 Å². The third-order valence-electron chi connectivity index (χ3n) is 9.60. The molecule has 0 radical (unpaired) electrons. The maximum absolute atomic E-state index is 4.90. The van der Waals surface area contributed by atoms with Gasteiger partial charge in [0.25, 0.3) is 0 Å². The fourth-order valence-corrected chi connectivity index (χ4v) is 8.86. The fraction of sp³-hybridized carbons (Fsp3) is 0.237. The van der Waals surface area contributed by atoms with Gasteiger partial charge in [0.05, 0.1) is 5.69 Å². The van der Waals surface area contributed by atoms with Crippen LogP contribution in [0.1, 0.15) is 37.7 Å². The second-order valence-corrected chi connectivity index (χ2v) is 13.0. The second-order valence-electron chi connectivity index (χ2n) is 11.9. The molecule has 3 aliphatic rings. The van der Waals surface area contributed by atoms with E-state index in [-0.39, 0.29) is 0 Å². The van der Waals surface area contributed by atoms with E-state index < -0.39 is 0 Å². The lowest BCUT2D eigenvalue weighted by Crippen LogP contribution is -2.32. The number of nitrogens with zero attached hydrogens (tertiary/aromatic N) is 1. The van der Waals surface area contributed by atoms with Crippen LogP contribution in [0.15, 0.2) is 109 Å². The number of pyridine rings is 1. The lowest BCUT2D eigenvalue weighted by molar-refractivity contribution is 0.0991. The van der Waals surface area contributed by atoms with Crippen LogP contribution in [0.3, 0.4) is 0 Å². The van der Waals surface area contributed by atoms with Crippen molar-refractivity contribution in [1.29, 1.82) is 0 Å². The Morgan fingerprint density at radius 3 is 2.30 bits per heavy atom. The van der Waals surface area contributed by atoms with Crippen molar-refractivity contribution in [2.24, 2.45) is 17.8 Å². The highest BCUT2D eigenvalue weighted by atomic mass is 32.1. The predicted octanol–water partition coefficient (Wildman–Crippen LogP) is 10.8. The number of aromatic nitrogens is 1. The molecule has 40 heavy (non-hydrogen) atoms. The summed E-state index contributed by atoms with van der Waals surface area (Å²) >= 11 is 1.90. The van der Waals surface area contributed by atoms with E-state index >= 15 is 0 Å². The van der Waals surface area contributed by atoms with E-state index in [2.05, 4.69) is 103 Å². The van der Waals surface area contributed by atoms with Crippen LogP contribution in [0.25, 0.3) is 53.7 Å². The molecule has 0 aliphatic heterocycles. The molecule has 3 saturated carbocycles. The van der Waals surface area contributed by atoms with Crippen molar-refractivity contribution in [1.82, 2.24) is 4.98 Å². The van der Waals surface area contributed by atoms with E-state index in [1.807, 2.05) is 17.5 Å². The second kappa shape index (κ2) is 10.0. The first-order chi connectivity index (χ1) is 19.8. The zero-order valence-electron chi connectivity index (χ0n) is 22.7. The molecule has 9 rings (SSSR count). The number of thiophene rings is 1. The maximum atomic E-state index is 4.90. The van der Waals surface area contributed by atoms with Crippen LogP contribution in [0.4, 0.5) is 0 Å². The van der Waals surface area contributed by atoms with E-state index in [0.29, 0.717) is 0 Å². The number of rotatable bonds is 5. The van der Waals surface area contributed by atoms with Gasteiger partial charge in [0.2, 0.25) is 0 Å². The SMILES string of the molecule is c1ccc(-c2cccc(-c3cccc4sc5c(-c6cc(CC7CC8CCC7CC8)ccn6)cccc5c34)c2)cc1. The molecule has 2 heteroatoms. The molecule has 2 bridgehead atoms. The molecule has 3 fully saturated rings. The summed E-state index contributed by atoms with van der Waals surface area (Å²) in [6, 6.07) is 37.8. The zero-order chi connectivity index (χ0) is 26.5. The van der Waals surface area contributed by atoms with Crippen LogP contribution in [0.2, 0.25) is 0 Å². The molecule has 0 saturated heterocycles. The van der Waals surface area contributed by atoms with Crippen LogP contribution < -0.4 is 0 Å². The summed E-state index contributed by atoms with van der Waals surface area (Å²) in [5.41, 5.74) is 8.90. The first-order valence-corrected chi connectivity index (χ1v) is 15.7. The predicted molar refractivity (Wildman–Crippen MR) is 171 cm³/mol. The Kier molecular flexibility index (Phi) is 6.03. The number of hydrogen-bond donors (Lipinski definition) is 0. The average Bonchev–Trinajstić information content (AvgIpc) is 3.42. The Labute approximate surface area is 240 Å². The Bertz CT molecular complexity index is 1820. The minimum absolute atomic E-state index is 0.858. The molecule has 0 N–H and O–H groups in total. The molecule has 0 amide bonds. The summed E-state index contributed by atoms with van der Waals surface area (Å²) in [5, 5.41) is 2.68. The number of benzene rings is 4. The minimum atomic E-state index is 0.858. The standard InChI is InChI=1S/C38H33NS/c1-2-7-27(8-3-1)29-9-4-10-30(24-29)32-11-6-14-36-37(32)34-13-5-12-33(38(34)40-36)35-23-26(19-20-39-35)22-31-21-25-15-17-28(31)18-16-25/h1-14,19-20,23-25,28,31H,15-18,21-22H2. The summed E-state index contributed by atoms with van der Waals surface area (Å²) in [7, 11) is 0. The van der Waals surface area contributed by atoms with Gasteiger partial charge in [-0.05, 0) is 95.5 Å². The van der Waals surface area contributed by atoms with Crippen LogP contribution in [0, 0.1) is 17.8 Å². The topological polar surface area (TPSA) is 12.9 Å². The van der Waals surface area contributed by atoms with E-state index in [4.69, 9.17) is 4.98 Å². The Morgan fingerprint density at radius 2 is 1.45 bits per heavy atom. The highest BCUT2D eigenvalue weighted by Crippen LogP contribution is 2.47. The third-order valence-corrected chi connectivity index (χ3v) is 10.8. The van der Waals surface area contributed by atoms with E-state index in [1.165, 1.54) is 92.1 Å². The monoisotopic (exact) mass is 535 g/mol. The lowest BCUT2D eigenvalue weighted by atomic mass is 9.63. The van der Waals surface area contributed by atoms with Gasteiger partial charge in [0, 0.05) is 31.9 Å². The first-order valence-electron chi connectivity index (χ1n) is 14.9. The van der Waals surface area contributed by atoms with Crippen LogP contribution in [-0.2, 0) is 6.42 Å². The fourth-order valence-electron chi connectivity index (χ4n) is 7.60. The number of fused-ring (bicyclic) bond motifs is 6. The molecule has 2 aromatic heterocycles. The van der Waals surface area contributed by atoms with Crippen molar-refractivity contribution < 1.29 is 0 Å². The van der Waals surface area contributed by atoms with E-state index in [1.54, 1.807) is 0 Å². The van der Waals surface area contributed by atoms with E-state index in [0.717, 1.165) is 23.4 Å². The van der Waals surface area contributed by atoms with Crippen molar-refractivity contribution in [3.8, 4) is 33.5 Å². The van der Waals surface area contributed by atoms with Crippen molar-refractivity contribution in [2.45, 2.75) is 38.5 Å². The molecule has 1 atom stereocenters. The summed E-state index contributed by atoms with van der Waals surface area (Å²) in [6.45, 7) is 0. The van der Waals surface area contributed by atoms with Crippen molar-refractivity contribution in [3.63, 3.8) is 0 Å². The van der Waals surface area contributed by atoms with Gasteiger partial charge in [-0.25, -0.2) is 0 Å². The Morgan fingerprint density at radius 1 is 0.675 bits per heavy atom. The van der Waals surface area contributed by atoms with E-state index in [9.17, 15) is 0 Å². The summed E-state index contributed by atoms with van der Waals surface area (Å²) in [6.07, 6.45) is 10.5. The zero-order valence-corrected chi connectivity index (χ0v) is 23.5. The van der Waals surface area contributed by atoms with Crippen molar-refractivity contribution in [3.05, 3.63) is 115 Å². The molecule has 3 aliphatic carbocycles. The van der Waals surface area contributed by atoms with Crippen LogP contribution in [-0.4, -0.2) is 4.98 Å². The smallest absolute Gasteiger partial charge is 0.0719 e. The molecule has 6 aromatic rings. The summed E-state index contributed by atoms with van der Waals surface area (Å²) < 4.78 is 2.67. The highest BCUT2D eigenvalue weighted by molar-refractivity contribution is 7.26. The van der Waals surface area contributed by atoms with Gasteiger partial charge in [0.1, 0.15) is 0 Å². The van der Waals surface area contributed by atoms with Crippen LogP contribution in [0.5, 0.6) is 0 Å². The quantitative estimate of drug-likeness (QED) is 0.214. The minimum Gasteiger partial charge on any atom is -0.256 e. The first kappa shape index (κ1) is 24.1. The third kappa shape index (κ3) is 4.26. The Hall–Kier alpha value is -3.75. The lowest BCUT2D eigenvalue weighted by Gasteiger charge is -2.42. The molecule has 0 spiro atoms. The van der Waals surface area contributed by atoms with Gasteiger partial charge >= 0.3 is 0 Å². The molecule has 1 nitrogen and oxygen atoms in total. The van der Waals surface area contributed by atoms with Gasteiger partial charge in [-0.1, -0.05) is 91.7 Å². The van der Waals surface area contributed by atoms with Gasteiger partial charge in [0.15, 0.2) is 0 Å². The normalized spacial score (nSPS) is 20.4. The van der Waals surface area contributed by atoms with Gasteiger partial charge in [-0.3, -0.25) is 4.98 Å². The largest absolute Gasteiger partial charge is 0.256 e. The summed E-state index contributed by atoms with van der Waals surface area (Å²) in [5.74, 6) is 2.77. The summed E-state index contributed by atoms with van der Waals surface area (Å²) in [4.78, 5) is 4.90. The molecule has 196 valence electrons. The van der Waals surface area contributed by atoms with Crippen molar-refractivity contribution >= 4 is 31.5 Å². The molecule has 2 heterocycles. The molecular formula is C38H33NS. The van der Waals surface area contributed by atoms with Crippen molar-refractivity contribution in [2.75, 3.05) is 0 Å². The van der Waals surface area contributed by atoms with Crippen LogP contribution >= 0.6 is 11.3 Å². The molecule has 4 aromatic carbocycles. The maximum Gasteiger partial charge on any atom is 0.0719 e. The molecular weight excluding hydrogens is 502 g/mol. The molecule has 1 unspecified atom stereocenters. The average molecular weight is 536 g/mol.